The highest BCUT2D eigenvalue weighted by molar-refractivity contribution is 6.46. The summed E-state index contributed by atoms with van der Waals surface area (Å²) in [6.07, 6.45) is 0.455. The second-order valence-electron chi connectivity index (χ2n) is 8.44. The summed E-state index contributed by atoms with van der Waals surface area (Å²) in [5.41, 5.74) is 1.99. The molecule has 1 aliphatic heterocycles. The van der Waals surface area contributed by atoms with Crippen molar-refractivity contribution >= 4 is 17.4 Å². The third-order valence-corrected chi connectivity index (χ3v) is 6.40. The van der Waals surface area contributed by atoms with Gasteiger partial charge < -0.3 is 29.0 Å². The molecule has 0 aliphatic carbocycles. The summed E-state index contributed by atoms with van der Waals surface area (Å²) in [4.78, 5) is 28.0. The van der Waals surface area contributed by atoms with Crippen molar-refractivity contribution in [2.24, 2.45) is 0 Å². The molecule has 1 saturated heterocycles. The quantitative estimate of drug-likeness (QED) is 0.263. The van der Waals surface area contributed by atoms with Crippen LogP contribution in [0.15, 0.2) is 72.3 Å². The smallest absolute Gasteiger partial charge is 0.295 e. The molecule has 3 aromatic rings. The molecule has 1 unspecified atom stereocenters. The van der Waals surface area contributed by atoms with E-state index >= 15 is 0 Å². The molecule has 1 amide bonds. The zero-order valence-corrected chi connectivity index (χ0v) is 21.2. The van der Waals surface area contributed by atoms with Crippen LogP contribution in [0.1, 0.15) is 22.7 Å². The third kappa shape index (κ3) is 5.09. The standard InChI is InChI=1S/C29H29NO7/c1-34-21-11-9-19(10-12-21)27(31)25-26(20-6-5-7-22(17-20)35-2)30(29(33)28(25)32)15-14-18-8-13-23(36-3)24(16-18)37-4/h5-13,16-17,26,31H,14-15H2,1-4H3/b27-25+. The van der Waals surface area contributed by atoms with E-state index in [4.69, 9.17) is 18.9 Å². The van der Waals surface area contributed by atoms with E-state index in [1.807, 2.05) is 18.2 Å². The van der Waals surface area contributed by atoms with Crippen LogP contribution in [-0.4, -0.2) is 56.7 Å². The first-order chi connectivity index (χ1) is 17.9. The number of likely N-dealkylation sites (tertiary alicyclic amines) is 1. The lowest BCUT2D eigenvalue weighted by atomic mass is 9.95. The maximum atomic E-state index is 13.3. The molecule has 1 aliphatic rings. The SMILES string of the molecule is COc1ccc(/C(O)=C2\C(=O)C(=O)N(CCc3ccc(OC)c(OC)c3)C2c2cccc(OC)c2)cc1. The van der Waals surface area contributed by atoms with Gasteiger partial charge >= 0.3 is 0 Å². The van der Waals surface area contributed by atoms with Gasteiger partial charge in [0.15, 0.2) is 11.5 Å². The highest BCUT2D eigenvalue weighted by atomic mass is 16.5. The molecule has 0 spiro atoms. The number of hydrogen-bond donors (Lipinski definition) is 1. The van der Waals surface area contributed by atoms with Crippen molar-refractivity contribution in [2.45, 2.75) is 12.5 Å². The number of nitrogens with zero attached hydrogens (tertiary/aromatic N) is 1. The molecular formula is C29H29NO7. The molecule has 8 nitrogen and oxygen atoms in total. The van der Waals surface area contributed by atoms with E-state index in [1.54, 1.807) is 77.0 Å². The maximum absolute atomic E-state index is 13.3. The number of ketones is 1. The molecule has 0 bridgehead atoms. The first-order valence-corrected chi connectivity index (χ1v) is 11.7. The summed E-state index contributed by atoms with van der Waals surface area (Å²) in [6, 6.07) is 18.5. The predicted molar refractivity (Wildman–Crippen MR) is 138 cm³/mol. The van der Waals surface area contributed by atoms with Gasteiger partial charge in [0.25, 0.3) is 11.7 Å². The monoisotopic (exact) mass is 503 g/mol. The van der Waals surface area contributed by atoms with Crippen LogP contribution in [0.25, 0.3) is 5.76 Å². The van der Waals surface area contributed by atoms with Crippen molar-refractivity contribution in [1.82, 2.24) is 4.90 Å². The number of hydrogen-bond acceptors (Lipinski definition) is 7. The van der Waals surface area contributed by atoms with E-state index in [9.17, 15) is 14.7 Å². The topological polar surface area (TPSA) is 94.5 Å². The van der Waals surface area contributed by atoms with Crippen LogP contribution in [0.5, 0.6) is 23.0 Å². The summed E-state index contributed by atoms with van der Waals surface area (Å²) in [7, 11) is 6.21. The van der Waals surface area contributed by atoms with E-state index in [2.05, 4.69) is 0 Å². The van der Waals surface area contributed by atoms with E-state index in [0.717, 1.165) is 5.56 Å². The Hall–Kier alpha value is -4.46. The van der Waals surface area contributed by atoms with E-state index in [0.29, 0.717) is 40.5 Å². The highest BCUT2D eigenvalue weighted by Gasteiger charge is 2.46. The Labute approximate surface area is 215 Å². The van der Waals surface area contributed by atoms with E-state index in [1.165, 1.54) is 4.90 Å². The Bertz CT molecular complexity index is 1330. The minimum atomic E-state index is -0.794. The van der Waals surface area contributed by atoms with Crippen LogP contribution < -0.4 is 18.9 Å². The van der Waals surface area contributed by atoms with Crippen molar-refractivity contribution in [3.05, 3.63) is 89.0 Å². The van der Waals surface area contributed by atoms with Crippen molar-refractivity contribution in [3.63, 3.8) is 0 Å². The number of Topliss-reactive ketones (excluding diaryl/α,β-unsaturated/α-hetero) is 1. The van der Waals surface area contributed by atoms with E-state index in [-0.39, 0.29) is 17.9 Å². The molecule has 4 rings (SSSR count). The fourth-order valence-electron chi connectivity index (χ4n) is 4.46. The summed E-state index contributed by atoms with van der Waals surface area (Å²) in [5, 5.41) is 11.2. The lowest BCUT2D eigenvalue weighted by Gasteiger charge is -2.26. The van der Waals surface area contributed by atoms with Crippen LogP contribution in [0.4, 0.5) is 0 Å². The number of aliphatic hydroxyl groups excluding tert-OH is 1. The summed E-state index contributed by atoms with van der Waals surface area (Å²) in [5.74, 6) is 0.691. The summed E-state index contributed by atoms with van der Waals surface area (Å²) in [6.45, 7) is 0.237. The fourth-order valence-corrected chi connectivity index (χ4v) is 4.46. The lowest BCUT2D eigenvalue weighted by molar-refractivity contribution is -0.139. The van der Waals surface area contributed by atoms with Gasteiger partial charge in [-0.25, -0.2) is 0 Å². The van der Waals surface area contributed by atoms with Crippen LogP contribution in [0.3, 0.4) is 0 Å². The molecule has 3 aromatic carbocycles. The van der Waals surface area contributed by atoms with E-state index < -0.39 is 17.7 Å². The highest BCUT2D eigenvalue weighted by Crippen LogP contribution is 2.40. The molecule has 1 N–H and O–H groups in total. The largest absolute Gasteiger partial charge is 0.507 e. The molecule has 192 valence electrons. The molecule has 1 atom stereocenters. The zero-order valence-electron chi connectivity index (χ0n) is 21.2. The van der Waals surface area contributed by atoms with Gasteiger partial charge in [0.2, 0.25) is 0 Å². The van der Waals surface area contributed by atoms with Gasteiger partial charge in [-0.3, -0.25) is 9.59 Å². The normalized spacial score (nSPS) is 16.5. The fraction of sp³-hybridized carbons (Fsp3) is 0.241. The van der Waals surface area contributed by atoms with Crippen molar-refractivity contribution in [3.8, 4) is 23.0 Å². The predicted octanol–water partition coefficient (Wildman–Crippen LogP) is 4.39. The summed E-state index contributed by atoms with van der Waals surface area (Å²) >= 11 is 0. The average Bonchev–Trinajstić information content (AvgIpc) is 3.20. The molecule has 0 saturated carbocycles. The van der Waals surface area contributed by atoms with Gasteiger partial charge in [-0.05, 0) is 66.1 Å². The number of carbonyl (C=O) groups is 2. The molecule has 8 heteroatoms. The number of benzene rings is 3. The van der Waals surface area contributed by atoms with Crippen molar-refractivity contribution in [2.75, 3.05) is 35.0 Å². The van der Waals surface area contributed by atoms with Gasteiger partial charge in [0.05, 0.1) is 40.1 Å². The average molecular weight is 504 g/mol. The minimum Gasteiger partial charge on any atom is -0.507 e. The minimum absolute atomic E-state index is 0.0238. The maximum Gasteiger partial charge on any atom is 0.295 e. The number of ether oxygens (including phenoxy) is 4. The Balaban J connectivity index is 1.75. The molecular weight excluding hydrogens is 474 g/mol. The van der Waals surface area contributed by atoms with Gasteiger partial charge in [-0.1, -0.05) is 18.2 Å². The number of aliphatic hydroxyl groups is 1. The molecule has 1 fully saturated rings. The second-order valence-corrected chi connectivity index (χ2v) is 8.44. The number of rotatable bonds is 9. The van der Waals surface area contributed by atoms with Crippen LogP contribution >= 0.6 is 0 Å². The third-order valence-electron chi connectivity index (χ3n) is 6.40. The van der Waals surface area contributed by atoms with Crippen molar-refractivity contribution in [1.29, 1.82) is 0 Å². The second kappa shape index (κ2) is 11.1. The van der Waals surface area contributed by atoms with Gasteiger partial charge in [-0.15, -0.1) is 0 Å². The van der Waals surface area contributed by atoms with Gasteiger partial charge in [0, 0.05) is 12.1 Å². The Morgan fingerprint density at radius 1 is 0.811 bits per heavy atom. The number of carbonyl (C=O) groups excluding carboxylic acids is 2. The molecule has 1 heterocycles. The zero-order chi connectivity index (χ0) is 26.5. The molecule has 0 radical (unpaired) electrons. The van der Waals surface area contributed by atoms with Crippen LogP contribution in [-0.2, 0) is 16.0 Å². The van der Waals surface area contributed by atoms with Crippen LogP contribution in [0.2, 0.25) is 0 Å². The summed E-state index contributed by atoms with van der Waals surface area (Å²) < 4.78 is 21.3. The first kappa shape index (κ1) is 25.6. The number of amides is 1. The van der Waals surface area contributed by atoms with Gasteiger partial charge in [-0.2, -0.15) is 0 Å². The molecule has 0 aromatic heterocycles. The Morgan fingerprint density at radius 3 is 2.16 bits per heavy atom. The van der Waals surface area contributed by atoms with Crippen LogP contribution in [0, 0.1) is 0 Å². The number of methoxy groups -OCH3 is 4. The Kier molecular flexibility index (Phi) is 7.67. The first-order valence-electron chi connectivity index (χ1n) is 11.7. The van der Waals surface area contributed by atoms with Gasteiger partial charge in [0.1, 0.15) is 17.3 Å². The molecule has 37 heavy (non-hydrogen) atoms. The Morgan fingerprint density at radius 2 is 1.51 bits per heavy atom. The lowest BCUT2D eigenvalue weighted by Crippen LogP contribution is -2.31. The van der Waals surface area contributed by atoms with Crippen molar-refractivity contribution < 1.29 is 33.6 Å².